The second-order valence-corrected chi connectivity index (χ2v) is 12.5. The number of carbonyl (C=O) groups is 2. The number of sulfonamides is 1. The zero-order valence-corrected chi connectivity index (χ0v) is 25.0. The standard InChI is InChI=1S/C32H38N2O8S/c1-43(38,39)34-30(35)28-18-15-24(21-29(28)42-27-11-7-2-3-8-12-27)23-13-16-26(17-14-23)40-20-19-32(37,22-41-31(33)36)25-9-5-4-6-10-25/h4-6,9-10,13-18,21,27,37H,2-3,7-8,11-12,19-20,22H2,1H3,(H2,33,36)(H,34,35)/t32-/m0/s1. The highest BCUT2D eigenvalue weighted by molar-refractivity contribution is 7.89. The second kappa shape index (κ2) is 14.4. The number of nitrogens with one attached hydrogen (secondary N) is 1. The van der Waals surface area contributed by atoms with Crippen molar-refractivity contribution in [1.82, 2.24) is 4.72 Å². The van der Waals surface area contributed by atoms with Gasteiger partial charge >= 0.3 is 6.09 Å². The first-order valence-electron chi connectivity index (χ1n) is 14.3. The van der Waals surface area contributed by atoms with Crippen LogP contribution in [0.5, 0.6) is 11.5 Å². The van der Waals surface area contributed by atoms with Crippen LogP contribution in [0.15, 0.2) is 72.8 Å². The number of ether oxygens (including phenoxy) is 3. The molecule has 1 aliphatic rings. The molecule has 10 nitrogen and oxygen atoms in total. The van der Waals surface area contributed by atoms with Crippen LogP contribution in [-0.4, -0.2) is 51.1 Å². The quantitative estimate of drug-likeness (QED) is 0.245. The summed E-state index contributed by atoms with van der Waals surface area (Å²) >= 11 is 0. The van der Waals surface area contributed by atoms with E-state index < -0.39 is 27.6 Å². The summed E-state index contributed by atoms with van der Waals surface area (Å²) in [4.78, 5) is 24.0. The molecule has 1 saturated carbocycles. The number of rotatable bonds is 12. The van der Waals surface area contributed by atoms with Crippen molar-refractivity contribution >= 4 is 22.0 Å². The fraction of sp³-hybridized carbons (Fsp3) is 0.375. The zero-order chi connectivity index (χ0) is 30.9. The Bertz CT molecular complexity index is 1490. The van der Waals surface area contributed by atoms with Gasteiger partial charge in [-0.25, -0.2) is 17.9 Å². The van der Waals surface area contributed by atoms with E-state index in [0.29, 0.717) is 17.1 Å². The highest BCUT2D eigenvalue weighted by Gasteiger charge is 2.31. The summed E-state index contributed by atoms with van der Waals surface area (Å²) in [5, 5.41) is 11.2. The van der Waals surface area contributed by atoms with Gasteiger partial charge in [-0.3, -0.25) is 4.79 Å². The van der Waals surface area contributed by atoms with Crippen LogP contribution in [0.25, 0.3) is 11.1 Å². The Kier molecular flexibility index (Phi) is 10.7. The maximum absolute atomic E-state index is 12.8. The van der Waals surface area contributed by atoms with Crippen molar-refractivity contribution in [1.29, 1.82) is 0 Å². The number of aliphatic hydroxyl groups is 1. The molecule has 3 aromatic carbocycles. The molecule has 0 aromatic heterocycles. The Labute approximate surface area is 252 Å². The summed E-state index contributed by atoms with van der Waals surface area (Å²) in [6, 6.07) is 21.2. The van der Waals surface area contributed by atoms with Crippen molar-refractivity contribution in [3.8, 4) is 22.6 Å². The van der Waals surface area contributed by atoms with E-state index in [0.717, 1.165) is 55.9 Å². The minimum Gasteiger partial charge on any atom is -0.493 e. The molecule has 43 heavy (non-hydrogen) atoms. The largest absolute Gasteiger partial charge is 0.493 e. The smallest absolute Gasteiger partial charge is 0.404 e. The minimum atomic E-state index is -3.75. The number of carbonyl (C=O) groups excluding carboxylic acids is 2. The number of benzene rings is 3. The van der Waals surface area contributed by atoms with Crippen LogP contribution in [0.2, 0.25) is 0 Å². The average molecular weight is 611 g/mol. The lowest BCUT2D eigenvalue weighted by Crippen LogP contribution is -2.35. The van der Waals surface area contributed by atoms with Crippen LogP contribution in [0.3, 0.4) is 0 Å². The van der Waals surface area contributed by atoms with Crippen LogP contribution < -0.4 is 19.9 Å². The highest BCUT2D eigenvalue weighted by Crippen LogP contribution is 2.32. The van der Waals surface area contributed by atoms with Gasteiger partial charge in [0.1, 0.15) is 23.7 Å². The van der Waals surface area contributed by atoms with Crippen molar-refractivity contribution in [2.45, 2.75) is 56.7 Å². The van der Waals surface area contributed by atoms with Crippen molar-refractivity contribution < 1.29 is 37.3 Å². The lowest BCUT2D eigenvalue weighted by Gasteiger charge is -2.28. The van der Waals surface area contributed by atoms with E-state index >= 15 is 0 Å². The molecule has 0 bridgehead atoms. The first-order valence-corrected chi connectivity index (χ1v) is 16.2. The third-order valence-electron chi connectivity index (χ3n) is 7.34. The molecule has 0 spiro atoms. The molecule has 0 heterocycles. The predicted molar refractivity (Wildman–Crippen MR) is 162 cm³/mol. The van der Waals surface area contributed by atoms with Gasteiger partial charge in [-0.05, 0) is 66.6 Å². The third-order valence-corrected chi connectivity index (χ3v) is 7.89. The van der Waals surface area contributed by atoms with E-state index in [-0.39, 0.29) is 31.3 Å². The van der Waals surface area contributed by atoms with E-state index in [1.807, 2.05) is 22.9 Å². The molecule has 4 rings (SSSR count). The molecule has 11 heteroatoms. The highest BCUT2D eigenvalue weighted by atomic mass is 32.2. The summed E-state index contributed by atoms with van der Waals surface area (Å²) < 4.78 is 42.6. The number of nitrogens with two attached hydrogens (primary N) is 1. The van der Waals surface area contributed by atoms with Crippen molar-refractivity contribution in [2.24, 2.45) is 5.73 Å². The molecular formula is C32H38N2O8S. The number of amides is 2. The monoisotopic (exact) mass is 610 g/mol. The van der Waals surface area contributed by atoms with Crippen LogP contribution in [0, 0.1) is 0 Å². The van der Waals surface area contributed by atoms with Gasteiger partial charge in [0.2, 0.25) is 10.0 Å². The maximum atomic E-state index is 12.8. The molecule has 0 aliphatic heterocycles. The maximum Gasteiger partial charge on any atom is 0.404 e. The molecule has 2 amide bonds. The molecule has 4 N–H and O–H groups in total. The number of hydrogen-bond acceptors (Lipinski definition) is 8. The summed E-state index contributed by atoms with van der Waals surface area (Å²) in [5.74, 6) is 0.163. The zero-order valence-electron chi connectivity index (χ0n) is 24.2. The van der Waals surface area contributed by atoms with Crippen LogP contribution in [0.4, 0.5) is 4.79 Å². The van der Waals surface area contributed by atoms with E-state index in [1.165, 1.54) is 0 Å². The normalized spacial score (nSPS) is 15.5. The number of primary amides is 1. The summed E-state index contributed by atoms with van der Waals surface area (Å²) in [5.41, 5.74) is 5.99. The first-order chi connectivity index (χ1) is 20.5. The van der Waals surface area contributed by atoms with Crippen LogP contribution >= 0.6 is 0 Å². The van der Waals surface area contributed by atoms with Crippen molar-refractivity contribution in [3.05, 3.63) is 83.9 Å². The van der Waals surface area contributed by atoms with E-state index in [1.54, 1.807) is 54.6 Å². The molecule has 1 atom stereocenters. The van der Waals surface area contributed by atoms with Crippen molar-refractivity contribution in [3.63, 3.8) is 0 Å². The first kappa shape index (κ1) is 31.8. The van der Waals surface area contributed by atoms with Crippen LogP contribution in [0.1, 0.15) is 60.9 Å². The van der Waals surface area contributed by atoms with Gasteiger partial charge in [-0.2, -0.15) is 0 Å². The van der Waals surface area contributed by atoms with Crippen LogP contribution in [-0.2, 0) is 20.4 Å². The average Bonchev–Trinajstić information content (AvgIpc) is 3.25. The Balaban J connectivity index is 1.48. The Morgan fingerprint density at radius 2 is 1.60 bits per heavy atom. The topological polar surface area (TPSA) is 154 Å². The molecule has 1 fully saturated rings. The predicted octanol–water partition coefficient (Wildman–Crippen LogP) is 4.90. The Hall–Kier alpha value is -4.09. The molecular weight excluding hydrogens is 572 g/mol. The SMILES string of the molecule is CS(=O)(=O)NC(=O)c1ccc(-c2ccc(OCC[C@](O)(COC(N)=O)c3ccccc3)cc2)cc1OC1CCCCCC1. The number of hydrogen-bond donors (Lipinski definition) is 3. The lowest BCUT2D eigenvalue weighted by atomic mass is 9.91. The van der Waals surface area contributed by atoms with E-state index in [4.69, 9.17) is 19.9 Å². The molecule has 3 aromatic rings. The van der Waals surface area contributed by atoms with Gasteiger partial charge in [0.15, 0.2) is 0 Å². The second-order valence-electron chi connectivity index (χ2n) is 10.8. The van der Waals surface area contributed by atoms with Gasteiger partial charge in [-0.1, -0.05) is 61.4 Å². The third kappa shape index (κ3) is 9.45. The molecule has 1 aliphatic carbocycles. The molecule has 0 unspecified atom stereocenters. The van der Waals surface area contributed by atoms with Gasteiger partial charge in [0, 0.05) is 6.42 Å². The van der Waals surface area contributed by atoms with Gasteiger partial charge in [-0.15, -0.1) is 0 Å². The molecule has 230 valence electrons. The molecule has 0 saturated heterocycles. The van der Waals surface area contributed by atoms with Gasteiger partial charge in [0.05, 0.1) is 24.5 Å². The van der Waals surface area contributed by atoms with E-state index in [9.17, 15) is 23.1 Å². The fourth-order valence-electron chi connectivity index (χ4n) is 5.07. The summed E-state index contributed by atoms with van der Waals surface area (Å²) in [6.45, 7) is -0.172. The van der Waals surface area contributed by atoms with Gasteiger partial charge in [0.25, 0.3) is 5.91 Å². The Morgan fingerprint density at radius 3 is 2.23 bits per heavy atom. The minimum absolute atomic E-state index is 0.0544. The van der Waals surface area contributed by atoms with Crippen molar-refractivity contribution in [2.75, 3.05) is 19.5 Å². The van der Waals surface area contributed by atoms with Gasteiger partial charge < -0.3 is 25.1 Å². The summed E-state index contributed by atoms with van der Waals surface area (Å²) in [6.07, 6.45) is 6.16. The Morgan fingerprint density at radius 1 is 0.953 bits per heavy atom. The lowest BCUT2D eigenvalue weighted by molar-refractivity contribution is -0.0386. The fourth-order valence-corrected chi connectivity index (χ4v) is 5.52. The summed E-state index contributed by atoms with van der Waals surface area (Å²) in [7, 11) is -3.75. The molecule has 0 radical (unpaired) electrons. The van der Waals surface area contributed by atoms with E-state index in [2.05, 4.69) is 0 Å².